The molecule has 0 fully saturated rings. The van der Waals surface area contributed by atoms with E-state index in [0.717, 1.165) is 22.6 Å². The van der Waals surface area contributed by atoms with Crippen LogP contribution in [0.25, 0.3) is 78.1 Å². The van der Waals surface area contributed by atoms with E-state index in [1.54, 1.807) is 0 Å². The van der Waals surface area contributed by atoms with Gasteiger partial charge in [0.05, 0.1) is 22.2 Å². The van der Waals surface area contributed by atoms with Crippen molar-refractivity contribution in [3.63, 3.8) is 0 Å². The van der Waals surface area contributed by atoms with Gasteiger partial charge in [0.25, 0.3) is 0 Å². The summed E-state index contributed by atoms with van der Waals surface area (Å²) >= 11 is 0. The normalized spacial score (nSPS) is 11.8. The number of aromatic nitrogens is 2. The molecule has 0 N–H and O–H groups in total. The molecule has 0 radical (unpaired) electrons. The summed E-state index contributed by atoms with van der Waals surface area (Å²) in [4.78, 5) is 0. The lowest BCUT2D eigenvalue weighted by Crippen LogP contribution is -1.98. The Hall–Kier alpha value is -5.60. The van der Waals surface area contributed by atoms with Crippen LogP contribution < -0.4 is 0 Å². The molecular formula is C41H30N2. The molecule has 204 valence electrons. The summed E-state index contributed by atoms with van der Waals surface area (Å²) in [6, 6.07) is 48.0. The van der Waals surface area contributed by atoms with E-state index in [-0.39, 0.29) is 0 Å². The molecule has 2 heterocycles. The molecule has 2 nitrogen and oxygen atoms in total. The van der Waals surface area contributed by atoms with Crippen molar-refractivity contribution in [3.8, 4) is 22.5 Å². The Bertz CT molecular complexity index is 2360. The summed E-state index contributed by atoms with van der Waals surface area (Å²) in [5.41, 5.74) is 10.6. The zero-order valence-electron chi connectivity index (χ0n) is 24.0. The second kappa shape index (κ2) is 10.0. The maximum Gasteiger partial charge on any atom is 0.0548 e. The summed E-state index contributed by atoms with van der Waals surface area (Å²) in [5, 5.41) is 6.22. The van der Waals surface area contributed by atoms with Crippen molar-refractivity contribution in [2.24, 2.45) is 0 Å². The molecule has 8 aromatic rings. The molecule has 0 aliphatic heterocycles. The highest BCUT2D eigenvalue weighted by atomic mass is 15.0. The minimum Gasteiger partial charge on any atom is -0.309 e. The molecule has 0 amide bonds. The third-order valence-corrected chi connectivity index (χ3v) is 8.59. The Kier molecular flexibility index (Phi) is 5.87. The van der Waals surface area contributed by atoms with Gasteiger partial charge in [0.1, 0.15) is 0 Å². The second-order valence-corrected chi connectivity index (χ2v) is 11.0. The van der Waals surface area contributed by atoms with Crippen molar-refractivity contribution >= 4 is 55.6 Å². The molecule has 43 heavy (non-hydrogen) atoms. The zero-order valence-corrected chi connectivity index (χ0v) is 24.0. The van der Waals surface area contributed by atoms with Gasteiger partial charge in [-0.15, -0.1) is 0 Å². The van der Waals surface area contributed by atoms with E-state index in [2.05, 4.69) is 168 Å². The van der Waals surface area contributed by atoms with Crippen LogP contribution in [0.5, 0.6) is 0 Å². The van der Waals surface area contributed by atoms with Crippen LogP contribution in [0, 0.1) is 0 Å². The number of hydrogen-bond acceptors (Lipinski definition) is 0. The van der Waals surface area contributed by atoms with E-state index in [0.29, 0.717) is 0 Å². The average Bonchev–Trinajstić information content (AvgIpc) is 3.57. The summed E-state index contributed by atoms with van der Waals surface area (Å²) in [5.74, 6) is 0. The van der Waals surface area contributed by atoms with Gasteiger partial charge < -0.3 is 9.13 Å². The van der Waals surface area contributed by atoms with Crippen molar-refractivity contribution in [3.05, 3.63) is 157 Å². The highest BCUT2D eigenvalue weighted by Crippen LogP contribution is 2.42. The van der Waals surface area contributed by atoms with Crippen LogP contribution in [0.3, 0.4) is 0 Å². The second-order valence-electron chi connectivity index (χ2n) is 11.0. The number of fused-ring (bicyclic) bond motifs is 6. The van der Waals surface area contributed by atoms with E-state index < -0.39 is 0 Å². The number of nitrogens with zero attached hydrogens (tertiary/aromatic N) is 2. The van der Waals surface area contributed by atoms with Gasteiger partial charge in [0, 0.05) is 33.1 Å². The topological polar surface area (TPSA) is 9.86 Å². The van der Waals surface area contributed by atoms with E-state index in [4.69, 9.17) is 0 Å². The van der Waals surface area contributed by atoms with Gasteiger partial charge in [0.2, 0.25) is 0 Å². The minimum absolute atomic E-state index is 1.13. The fraction of sp³-hybridized carbons (Fsp3) is 0.0244. The lowest BCUT2D eigenvalue weighted by Gasteiger charge is -2.13. The molecular weight excluding hydrogens is 520 g/mol. The fourth-order valence-corrected chi connectivity index (χ4v) is 6.84. The number of benzene rings is 6. The van der Waals surface area contributed by atoms with E-state index in [1.807, 2.05) is 6.08 Å². The van der Waals surface area contributed by atoms with Crippen molar-refractivity contribution < 1.29 is 0 Å². The third kappa shape index (κ3) is 3.80. The van der Waals surface area contributed by atoms with Gasteiger partial charge in [-0.05, 0) is 77.4 Å². The van der Waals surface area contributed by atoms with E-state index in [1.165, 1.54) is 54.6 Å². The largest absolute Gasteiger partial charge is 0.309 e. The van der Waals surface area contributed by atoms with Crippen LogP contribution >= 0.6 is 0 Å². The van der Waals surface area contributed by atoms with Gasteiger partial charge >= 0.3 is 0 Å². The van der Waals surface area contributed by atoms with Gasteiger partial charge in [-0.3, -0.25) is 0 Å². The first kappa shape index (κ1) is 25.1. The Morgan fingerprint density at radius 2 is 1.23 bits per heavy atom. The fourth-order valence-electron chi connectivity index (χ4n) is 6.84. The molecule has 0 atom stereocenters. The third-order valence-electron chi connectivity index (χ3n) is 8.59. The summed E-state index contributed by atoms with van der Waals surface area (Å²) in [6.45, 7) is 6.41. The van der Waals surface area contributed by atoms with Gasteiger partial charge in [0.15, 0.2) is 0 Å². The summed E-state index contributed by atoms with van der Waals surface area (Å²) < 4.78 is 4.78. The molecule has 0 aliphatic carbocycles. The number of para-hydroxylation sites is 2. The summed E-state index contributed by atoms with van der Waals surface area (Å²) in [6.07, 6.45) is 6.36. The first-order valence-electron chi connectivity index (χ1n) is 14.8. The van der Waals surface area contributed by atoms with Crippen molar-refractivity contribution in [2.45, 2.75) is 6.92 Å². The molecule has 8 rings (SSSR count). The van der Waals surface area contributed by atoms with Crippen LogP contribution in [0.2, 0.25) is 0 Å². The van der Waals surface area contributed by atoms with Gasteiger partial charge in [-0.1, -0.05) is 110 Å². The molecule has 0 spiro atoms. The Morgan fingerprint density at radius 1 is 0.558 bits per heavy atom. The quantitative estimate of drug-likeness (QED) is 0.202. The monoisotopic (exact) mass is 550 g/mol. The maximum absolute atomic E-state index is 4.33. The first-order valence-corrected chi connectivity index (χ1v) is 14.8. The average molecular weight is 551 g/mol. The number of allylic oxidation sites excluding steroid dienone is 1. The highest BCUT2D eigenvalue weighted by Gasteiger charge is 2.22. The van der Waals surface area contributed by atoms with Gasteiger partial charge in [-0.2, -0.15) is 0 Å². The zero-order chi connectivity index (χ0) is 28.9. The Labute approximate surface area is 251 Å². The molecule has 2 aromatic heterocycles. The lowest BCUT2D eigenvalue weighted by atomic mass is 9.98. The maximum atomic E-state index is 4.33. The molecule has 6 aromatic carbocycles. The first-order chi connectivity index (χ1) is 21.3. The van der Waals surface area contributed by atoms with Crippen LogP contribution in [-0.4, -0.2) is 9.13 Å². The predicted octanol–water partition coefficient (Wildman–Crippen LogP) is 11.2. The Morgan fingerprint density at radius 3 is 2.05 bits per heavy atom. The molecule has 0 aliphatic rings. The smallest absolute Gasteiger partial charge is 0.0548 e. The van der Waals surface area contributed by atoms with E-state index in [9.17, 15) is 0 Å². The predicted molar refractivity (Wildman–Crippen MR) is 185 cm³/mol. The van der Waals surface area contributed by atoms with Crippen LogP contribution in [0.15, 0.2) is 146 Å². The number of hydrogen-bond donors (Lipinski definition) is 0. The standard InChI is InChI=1S/C41H30N2/c1-3-14-36-32(4-2)40-38(25-26-39-41(40)35-22-10-11-24-37(35)42(39)30-18-6-5-7-19-30)43(36)31-20-12-17-29(27-31)34-23-13-16-28-15-8-9-21-33(28)34/h3-27H,2H2,1H3/b14-3-. The van der Waals surface area contributed by atoms with Crippen molar-refractivity contribution in [1.82, 2.24) is 9.13 Å². The highest BCUT2D eigenvalue weighted by molar-refractivity contribution is 6.24. The van der Waals surface area contributed by atoms with Crippen molar-refractivity contribution in [2.75, 3.05) is 0 Å². The molecule has 0 saturated carbocycles. The Balaban J connectivity index is 1.47. The van der Waals surface area contributed by atoms with E-state index >= 15 is 0 Å². The SMILES string of the molecule is C=Cc1c(/C=C\C)n(-c2cccc(-c3cccc4ccccc34)c2)c2ccc3c(c4ccccc4n3-c3ccccc3)c12. The number of rotatable bonds is 5. The van der Waals surface area contributed by atoms with Crippen molar-refractivity contribution in [1.29, 1.82) is 0 Å². The van der Waals surface area contributed by atoms with Crippen LogP contribution in [0.4, 0.5) is 0 Å². The molecule has 0 bridgehead atoms. The lowest BCUT2D eigenvalue weighted by molar-refractivity contribution is 1.10. The van der Waals surface area contributed by atoms with Gasteiger partial charge in [-0.25, -0.2) is 0 Å². The summed E-state index contributed by atoms with van der Waals surface area (Å²) in [7, 11) is 0. The molecule has 0 unspecified atom stereocenters. The molecule has 2 heteroatoms. The van der Waals surface area contributed by atoms with Crippen LogP contribution in [-0.2, 0) is 0 Å². The minimum atomic E-state index is 1.13. The molecule has 0 saturated heterocycles. The van der Waals surface area contributed by atoms with Crippen LogP contribution in [0.1, 0.15) is 18.2 Å².